The molecule has 20 aliphatic carbocycles. The van der Waals surface area contributed by atoms with Gasteiger partial charge in [0.1, 0.15) is 45.9 Å². The Labute approximate surface area is 732 Å². The van der Waals surface area contributed by atoms with Gasteiger partial charge >= 0.3 is 23.3 Å². The molecule has 10 atom stereocenters. The van der Waals surface area contributed by atoms with Crippen LogP contribution in [0.5, 0.6) is 0 Å². The summed E-state index contributed by atoms with van der Waals surface area (Å²) in [7, 11) is 3.52. The molecule has 10 unspecified atom stereocenters. The molecule has 0 spiro atoms. The number of carboxylic acids is 1. The van der Waals surface area contributed by atoms with Gasteiger partial charge in [-0.25, -0.2) is 53.6 Å². The third-order valence-corrected chi connectivity index (χ3v) is 32.3. The van der Waals surface area contributed by atoms with E-state index in [0.29, 0.717) is 143 Å². The standard InChI is InChI=1S/C23H26N8O2.C17H22ClN3O3.C16H19ClN4O2.C16H18ClN3O2.C15H18ClN3O3/c1-13-3-18-25-12-26-30(18)10-16(13)27-20-24-9-17-19(28-20)31(21(32)29(17)2)22-5-14-4-15(6-22)8-23(33,7-14)11-22;1-2-24-14(22)12-8-19-15(18)20-13(12)21-16-4-10-3-11(5-16)7-17(23,6-10)9-16;1-20-11-7-18-13(17)19-12(11)21(14(20)22)15-3-9-2-10(4-15)6-16(23,5-9)8-15;17-14-18-7-11-2-12(21)20(13(11)19-14)15-3-9-1-10(4-15)6-16(22,5-9)8-15;16-13-17-6-10(12(20)21)11(18-13)19-14-2-8-1-9(3-14)5-15(22,4-8)7-14/h3,9-10,12,14-15,33H,4-8,11H2,1-2H3,(H,24,27,28);8,10-11,23H,2-7,9H2,1H3,(H,19,20,21);7,9-10,23H,2-6,8H2,1H3;7,9-10,22H,1-6,8H2;6,8-9,22H,1-5,7H2,(H,20,21)(H,17,18,19). The number of ether oxygens (including phenoxy) is 1. The molecule has 30 rings (SSSR count). The van der Waals surface area contributed by atoms with Crippen LogP contribution in [-0.4, -0.2) is 182 Å². The Morgan fingerprint density at radius 3 is 1.36 bits per heavy atom. The monoisotopic (exact) mass is 1770 g/mol. The topological polar surface area (TPSA) is 434 Å². The molecule has 124 heavy (non-hydrogen) atoms. The van der Waals surface area contributed by atoms with Crippen LogP contribution in [0.25, 0.3) is 28.0 Å². The van der Waals surface area contributed by atoms with Crippen molar-refractivity contribution in [2.45, 2.75) is 269 Å². The van der Waals surface area contributed by atoms with Crippen LogP contribution in [0, 0.1) is 66.1 Å². The minimum absolute atomic E-state index is 0.0205. The Morgan fingerprint density at radius 2 is 0.895 bits per heavy atom. The minimum atomic E-state index is -1.08. The summed E-state index contributed by atoms with van der Waals surface area (Å²) in [4.78, 5) is 111. The zero-order valence-electron chi connectivity index (χ0n) is 69.7. The van der Waals surface area contributed by atoms with E-state index >= 15 is 0 Å². The predicted octanol–water partition coefficient (Wildman–Crippen LogP) is 11.3. The van der Waals surface area contributed by atoms with Crippen LogP contribution in [0.1, 0.15) is 231 Å². The molecule has 10 heterocycles. The lowest BCUT2D eigenvalue weighted by Crippen LogP contribution is -2.66. The van der Waals surface area contributed by atoms with E-state index in [1.165, 1.54) is 44.4 Å². The van der Waals surface area contributed by atoms with Gasteiger partial charge in [-0.3, -0.25) is 28.0 Å². The number of hydrogen-bond donors (Lipinski definition) is 9. The molecule has 656 valence electrons. The molecular formula is C87H103Cl4N21O12. The molecule has 0 saturated heterocycles. The van der Waals surface area contributed by atoms with Crippen LogP contribution in [0.2, 0.25) is 21.1 Å². The smallest absolute Gasteiger partial charge is 0.343 e. The van der Waals surface area contributed by atoms with Crippen molar-refractivity contribution in [2.24, 2.45) is 73.3 Å². The maximum absolute atomic E-state index is 13.5. The van der Waals surface area contributed by atoms with Crippen LogP contribution in [0.3, 0.4) is 0 Å². The van der Waals surface area contributed by atoms with Gasteiger partial charge in [0.25, 0.3) is 0 Å². The predicted molar refractivity (Wildman–Crippen MR) is 456 cm³/mol. The number of aryl methyl sites for hydroxylation is 3. The van der Waals surface area contributed by atoms with Crippen molar-refractivity contribution in [3.63, 3.8) is 0 Å². The number of aliphatic hydroxyl groups is 5. The van der Waals surface area contributed by atoms with Crippen LogP contribution in [0.15, 0.2) is 59.2 Å². The van der Waals surface area contributed by atoms with Crippen molar-refractivity contribution >= 4 is 121 Å². The number of halogens is 4. The fraction of sp³-hybridized carbons (Fsp3) is 0.644. The SMILES string of the molecule is CCOC(=O)c1cnc(Cl)nc1NC12CC3CC(CC(O)(C3)C1)C2.Cc1cc2ncnn2cc1Nc1ncc2c(n1)n(C13CC4CC(CC(O)(C4)C1)C3)c(=O)n2C.Cn1c(=O)n(C23CC4CC(CC(O)(C4)C2)C3)c2nc(Cl)ncc21.O=C(O)c1cnc(Cl)nc1NC12CC3CC(CC(O)(C3)C1)C2.O=C1Cc2cnc(Cl)nc2N1C12CC3CC(CC(O)(C3)C1)C2. The van der Waals surface area contributed by atoms with Gasteiger partial charge in [-0.2, -0.15) is 30.0 Å². The van der Waals surface area contributed by atoms with Gasteiger partial charge in [-0.05, 0) is 324 Å². The Morgan fingerprint density at radius 1 is 0.492 bits per heavy atom. The van der Waals surface area contributed by atoms with E-state index in [1.54, 1.807) is 53.3 Å². The number of nitrogens with zero attached hydrogens (tertiary/aromatic N) is 18. The van der Waals surface area contributed by atoms with Gasteiger partial charge in [0.05, 0.1) is 81.9 Å². The van der Waals surface area contributed by atoms with Crippen LogP contribution < -0.4 is 32.2 Å². The van der Waals surface area contributed by atoms with Crippen LogP contribution in [-0.2, 0) is 41.1 Å². The summed E-state index contributed by atoms with van der Waals surface area (Å²) >= 11 is 23.7. The Balaban J connectivity index is 0.0000000959. The minimum Gasteiger partial charge on any atom is -0.477 e. The van der Waals surface area contributed by atoms with Crippen molar-refractivity contribution in [3.05, 3.63) is 114 Å². The lowest BCUT2D eigenvalue weighted by Gasteiger charge is -2.62. The van der Waals surface area contributed by atoms with Gasteiger partial charge in [0, 0.05) is 49.3 Å². The van der Waals surface area contributed by atoms with E-state index in [4.69, 9.17) is 56.1 Å². The van der Waals surface area contributed by atoms with E-state index in [2.05, 4.69) is 70.9 Å². The highest BCUT2D eigenvalue weighted by atomic mass is 35.5. The first kappa shape index (κ1) is 82.3. The number of carboxylic acid groups (broad SMARTS) is 1. The highest BCUT2D eigenvalue weighted by Gasteiger charge is 2.65. The first-order chi connectivity index (χ1) is 58.9. The van der Waals surface area contributed by atoms with Crippen molar-refractivity contribution in [1.82, 2.24) is 82.7 Å². The number of hydrogen-bond acceptors (Lipinski definition) is 26. The molecule has 1 amide bonds. The molecule has 20 fully saturated rings. The molecule has 37 heteroatoms. The number of rotatable bonds is 12. The number of pyridine rings is 1. The molecule has 9 aromatic rings. The molecule has 21 aliphatic rings. The zero-order valence-corrected chi connectivity index (χ0v) is 72.7. The molecule has 9 N–H and O–H groups in total. The van der Waals surface area contributed by atoms with Crippen molar-refractivity contribution in [3.8, 4) is 0 Å². The molecule has 9 aromatic heterocycles. The van der Waals surface area contributed by atoms with Crippen LogP contribution >= 0.6 is 46.4 Å². The number of carbonyl (C=O) groups excluding carboxylic acids is 2. The summed E-state index contributed by atoms with van der Waals surface area (Å²) in [5.74, 6) is 5.39. The van der Waals surface area contributed by atoms with Crippen molar-refractivity contribution in [1.29, 1.82) is 0 Å². The summed E-state index contributed by atoms with van der Waals surface area (Å²) in [5, 5.41) is 78.8. The van der Waals surface area contributed by atoms with E-state index in [1.807, 2.05) is 33.2 Å². The largest absolute Gasteiger partial charge is 0.477 e. The quantitative estimate of drug-likeness (QED) is 0.0405. The Kier molecular flexibility index (Phi) is 19.4. The molecule has 0 aromatic carbocycles. The van der Waals surface area contributed by atoms with Gasteiger partial charge in [0.2, 0.25) is 33.0 Å². The van der Waals surface area contributed by atoms with Crippen molar-refractivity contribution in [2.75, 3.05) is 27.5 Å². The fourth-order valence-corrected chi connectivity index (χ4v) is 30.3. The number of esters is 1. The van der Waals surface area contributed by atoms with E-state index in [-0.39, 0.29) is 84.1 Å². The number of aromatic nitrogens is 17. The lowest BCUT2D eigenvalue weighted by molar-refractivity contribution is -0.156. The van der Waals surface area contributed by atoms with E-state index in [0.717, 1.165) is 157 Å². The summed E-state index contributed by atoms with van der Waals surface area (Å²) in [5.41, 5.74) is 1.68. The number of nitrogens with one attached hydrogen (secondary N) is 3. The number of imidazole rings is 2. The number of aromatic carboxylic acids is 1. The molecule has 0 radical (unpaired) electrons. The Hall–Kier alpha value is -8.67. The first-order valence-corrected chi connectivity index (χ1v) is 45.6. The van der Waals surface area contributed by atoms with E-state index < -0.39 is 39.9 Å². The van der Waals surface area contributed by atoms with Gasteiger partial charge in [-0.15, -0.1) is 0 Å². The van der Waals surface area contributed by atoms with Gasteiger partial charge in [-0.1, -0.05) is 0 Å². The third-order valence-electron chi connectivity index (χ3n) is 31.6. The highest BCUT2D eigenvalue weighted by molar-refractivity contribution is 6.29. The summed E-state index contributed by atoms with van der Waals surface area (Å²) in [6.07, 6.45) is 38.9. The van der Waals surface area contributed by atoms with Crippen LogP contribution in [0.4, 0.5) is 29.1 Å². The maximum Gasteiger partial charge on any atom is 0.343 e. The maximum atomic E-state index is 13.5. The third kappa shape index (κ3) is 14.4. The van der Waals surface area contributed by atoms with Crippen molar-refractivity contribution < 1.29 is 49.8 Å². The number of carbonyl (C=O) groups is 3. The normalized spacial score (nSPS) is 36.8. The second-order valence-corrected chi connectivity index (χ2v) is 42.6. The first-order valence-electron chi connectivity index (χ1n) is 44.1. The molecule has 1 aliphatic heterocycles. The molecule has 20 saturated carbocycles. The van der Waals surface area contributed by atoms with E-state index in [9.17, 15) is 54.6 Å². The molecule has 33 nitrogen and oxygen atoms in total. The fourth-order valence-electron chi connectivity index (χ4n) is 29.8. The number of amides is 1. The zero-order chi connectivity index (χ0) is 86.1. The highest BCUT2D eigenvalue weighted by Crippen LogP contribution is 2.66. The number of fused-ring (bicyclic) bond motifs is 4. The average Bonchev–Trinajstić information content (AvgIpc) is 1.53. The molecule has 20 bridgehead atoms. The summed E-state index contributed by atoms with van der Waals surface area (Å²) < 4.78 is 13.7. The summed E-state index contributed by atoms with van der Waals surface area (Å²) in [6, 6.07) is 1.95. The average molecular weight is 1780 g/mol. The van der Waals surface area contributed by atoms with Gasteiger partial charge < -0.3 is 51.3 Å². The second-order valence-electron chi connectivity index (χ2n) is 41.3. The lowest BCUT2D eigenvalue weighted by atomic mass is 9.50. The number of anilines is 5. The second kappa shape index (κ2) is 29.2. The van der Waals surface area contributed by atoms with Gasteiger partial charge in [0.15, 0.2) is 16.9 Å². The summed E-state index contributed by atoms with van der Waals surface area (Å²) in [6.45, 7) is 4.04. The molecular weight excluding hydrogens is 1670 g/mol. The Bertz CT molecular complexity index is 5960.